The number of benzene rings is 1. The van der Waals surface area contributed by atoms with Gasteiger partial charge in [-0.3, -0.25) is 15.1 Å². The molecule has 2 aliphatic heterocycles. The number of carbonyl (C=O) groups excluding carboxylic acids is 1. The quantitative estimate of drug-likeness (QED) is 0.164. The van der Waals surface area contributed by atoms with E-state index in [4.69, 9.17) is 14.7 Å². The molecule has 0 unspecified atom stereocenters. The number of rotatable bonds is 11. The van der Waals surface area contributed by atoms with Gasteiger partial charge in [0.25, 0.3) is 0 Å². The SMILES string of the molecule is CCc1c(NC[C@H](NCc2ccc(-c3ccncc3)cc2)C(=O)OC(C)(C)C)ncnc1N1CCC(c2ccc3c(n2)NCCC3)CC1. The molecule has 10 heteroatoms. The van der Waals surface area contributed by atoms with Gasteiger partial charge in [0.05, 0.1) is 0 Å². The van der Waals surface area contributed by atoms with Gasteiger partial charge in [0, 0.05) is 62.3 Å². The number of esters is 1. The maximum atomic E-state index is 13.4. The number of anilines is 3. The number of hydrogen-bond donors (Lipinski definition) is 3. The van der Waals surface area contributed by atoms with Crippen molar-refractivity contribution in [3.8, 4) is 11.1 Å². The number of nitrogens with zero attached hydrogens (tertiary/aromatic N) is 5. The molecule has 252 valence electrons. The second-order valence-corrected chi connectivity index (χ2v) is 13.7. The van der Waals surface area contributed by atoms with Crippen molar-refractivity contribution in [2.24, 2.45) is 0 Å². The summed E-state index contributed by atoms with van der Waals surface area (Å²) in [5.74, 6) is 2.92. The van der Waals surface area contributed by atoms with Crippen LogP contribution in [0, 0.1) is 0 Å². The fraction of sp³-hybridized carbons (Fsp3) is 0.447. The van der Waals surface area contributed by atoms with Crippen molar-refractivity contribution in [3.05, 3.63) is 89.6 Å². The molecule has 48 heavy (non-hydrogen) atoms. The molecule has 1 aromatic carbocycles. The summed E-state index contributed by atoms with van der Waals surface area (Å²) in [6.45, 7) is 11.5. The van der Waals surface area contributed by atoms with Crippen molar-refractivity contribution in [1.29, 1.82) is 0 Å². The average molecular weight is 649 g/mol. The molecule has 0 saturated carbocycles. The highest BCUT2D eigenvalue weighted by atomic mass is 16.6. The molecule has 0 aliphatic carbocycles. The predicted molar refractivity (Wildman–Crippen MR) is 191 cm³/mol. The van der Waals surface area contributed by atoms with Crippen molar-refractivity contribution in [1.82, 2.24) is 25.3 Å². The molecule has 0 radical (unpaired) electrons. The lowest BCUT2D eigenvalue weighted by Gasteiger charge is -2.34. The van der Waals surface area contributed by atoms with E-state index in [1.165, 1.54) is 17.7 Å². The van der Waals surface area contributed by atoms with Gasteiger partial charge in [-0.25, -0.2) is 15.0 Å². The summed E-state index contributed by atoms with van der Waals surface area (Å²) in [6, 6.07) is 16.2. The highest BCUT2D eigenvalue weighted by Gasteiger charge is 2.28. The van der Waals surface area contributed by atoms with Gasteiger partial charge in [-0.1, -0.05) is 37.3 Å². The van der Waals surface area contributed by atoms with E-state index < -0.39 is 11.6 Å². The average Bonchev–Trinajstić information content (AvgIpc) is 3.11. The summed E-state index contributed by atoms with van der Waals surface area (Å²) >= 11 is 0. The van der Waals surface area contributed by atoms with Crippen LogP contribution >= 0.6 is 0 Å². The van der Waals surface area contributed by atoms with Gasteiger partial charge < -0.3 is 20.3 Å². The highest BCUT2D eigenvalue weighted by molar-refractivity contribution is 5.77. The van der Waals surface area contributed by atoms with Crippen LogP contribution in [0.1, 0.15) is 75.3 Å². The van der Waals surface area contributed by atoms with Crippen LogP contribution in [0.4, 0.5) is 17.5 Å². The maximum Gasteiger partial charge on any atom is 0.325 e. The van der Waals surface area contributed by atoms with Crippen LogP contribution in [0.3, 0.4) is 0 Å². The van der Waals surface area contributed by atoms with Crippen molar-refractivity contribution in [2.45, 2.75) is 83.9 Å². The first-order chi connectivity index (χ1) is 23.3. The van der Waals surface area contributed by atoms with Crippen molar-refractivity contribution < 1.29 is 9.53 Å². The van der Waals surface area contributed by atoms with Gasteiger partial charge in [0.2, 0.25) is 0 Å². The lowest BCUT2D eigenvalue weighted by molar-refractivity contribution is -0.157. The van der Waals surface area contributed by atoms with Crippen LogP contribution in [-0.4, -0.2) is 63.7 Å². The van der Waals surface area contributed by atoms with Crippen LogP contribution in [0.2, 0.25) is 0 Å². The Morgan fingerprint density at radius 1 is 1.02 bits per heavy atom. The lowest BCUT2D eigenvalue weighted by atomic mass is 9.92. The molecule has 2 aliphatic rings. The standard InChI is InChI=1S/C38H48N8O2/c1-5-31-35(43-25-44-36(31)46-21-16-29(17-22-46)32-13-12-30-7-6-18-40-34(30)45-32)42-24-33(37(47)48-38(2,3)4)41-23-26-8-10-27(11-9-26)28-14-19-39-20-15-28/h8-15,19-20,25,29,33,41H,5-7,16-18,21-24H2,1-4H3,(H,40,45)(H,42,43,44)/t33-/m0/s1. The van der Waals surface area contributed by atoms with E-state index in [2.05, 4.69) is 74.1 Å². The number of fused-ring (bicyclic) bond motifs is 1. The van der Waals surface area contributed by atoms with Crippen molar-refractivity contribution in [3.63, 3.8) is 0 Å². The zero-order valence-corrected chi connectivity index (χ0v) is 28.6. The molecule has 6 rings (SSSR count). The summed E-state index contributed by atoms with van der Waals surface area (Å²) in [5.41, 5.74) is 6.29. The molecule has 10 nitrogen and oxygen atoms in total. The number of aromatic nitrogens is 4. The topological polar surface area (TPSA) is 117 Å². The number of pyridine rings is 2. The summed E-state index contributed by atoms with van der Waals surface area (Å²) in [4.78, 5) is 34.2. The van der Waals surface area contributed by atoms with Crippen LogP contribution in [0.5, 0.6) is 0 Å². The lowest BCUT2D eigenvalue weighted by Crippen LogP contribution is -2.45. The molecule has 5 heterocycles. The van der Waals surface area contributed by atoms with E-state index in [1.54, 1.807) is 18.7 Å². The van der Waals surface area contributed by atoms with Gasteiger partial charge in [-0.2, -0.15) is 0 Å². The highest BCUT2D eigenvalue weighted by Crippen LogP contribution is 2.33. The molecular formula is C38H48N8O2. The zero-order chi connectivity index (χ0) is 33.5. The Morgan fingerprint density at radius 3 is 2.50 bits per heavy atom. The largest absolute Gasteiger partial charge is 0.459 e. The fourth-order valence-corrected chi connectivity index (χ4v) is 6.52. The second-order valence-electron chi connectivity index (χ2n) is 13.7. The van der Waals surface area contributed by atoms with E-state index in [0.29, 0.717) is 19.0 Å². The van der Waals surface area contributed by atoms with Gasteiger partial charge in [-0.05, 0) is 93.3 Å². The zero-order valence-electron chi connectivity index (χ0n) is 28.6. The number of nitrogens with one attached hydrogen (secondary N) is 3. The van der Waals surface area contributed by atoms with E-state index >= 15 is 0 Å². The summed E-state index contributed by atoms with van der Waals surface area (Å²) < 4.78 is 5.81. The van der Waals surface area contributed by atoms with E-state index in [1.807, 2.05) is 32.9 Å². The molecule has 0 bridgehead atoms. The van der Waals surface area contributed by atoms with Gasteiger partial charge in [-0.15, -0.1) is 0 Å². The molecule has 0 amide bonds. The number of hydrogen-bond acceptors (Lipinski definition) is 10. The molecule has 0 spiro atoms. The Balaban J connectivity index is 1.11. The smallest absolute Gasteiger partial charge is 0.325 e. The third-order valence-corrected chi connectivity index (χ3v) is 9.09. The minimum Gasteiger partial charge on any atom is -0.459 e. The van der Waals surface area contributed by atoms with Crippen LogP contribution in [0.15, 0.2) is 67.3 Å². The van der Waals surface area contributed by atoms with Crippen molar-refractivity contribution >= 4 is 23.4 Å². The Morgan fingerprint density at radius 2 is 1.77 bits per heavy atom. The molecule has 3 N–H and O–H groups in total. The van der Waals surface area contributed by atoms with Crippen LogP contribution in [0.25, 0.3) is 11.1 Å². The molecule has 1 atom stereocenters. The first kappa shape index (κ1) is 33.3. The van der Waals surface area contributed by atoms with Gasteiger partial charge >= 0.3 is 5.97 Å². The van der Waals surface area contributed by atoms with Crippen LogP contribution < -0.4 is 20.9 Å². The monoisotopic (exact) mass is 648 g/mol. The molecule has 4 aromatic rings. The number of aryl methyl sites for hydroxylation is 1. The van der Waals surface area contributed by atoms with E-state index in [0.717, 1.165) is 85.0 Å². The third kappa shape index (κ3) is 8.28. The Labute approximate surface area is 284 Å². The predicted octanol–water partition coefficient (Wildman–Crippen LogP) is 6.15. The molecule has 1 fully saturated rings. The molecular weight excluding hydrogens is 600 g/mol. The molecule has 1 saturated heterocycles. The summed E-state index contributed by atoms with van der Waals surface area (Å²) in [7, 11) is 0. The fourth-order valence-electron chi connectivity index (χ4n) is 6.52. The van der Waals surface area contributed by atoms with E-state index in [9.17, 15) is 4.79 Å². The van der Waals surface area contributed by atoms with Crippen molar-refractivity contribution in [2.75, 3.05) is 41.7 Å². The van der Waals surface area contributed by atoms with Crippen LogP contribution in [-0.2, 0) is 28.9 Å². The molecule has 3 aromatic heterocycles. The van der Waals surface area contributed by atoms with Gasteiger partial charge in [0.15, 0.2) is 0 Å². The minimum absolute atomic E-state index is 0.302. The third-order valence-electron chi connectivity index (χ3n) is 9.09. The Hall–Kier alpha value is -4.57. The number of piperidine rings is 1. The summed E-state index contributed by atoms with van der Waals surface area (Å²) in [6.07, 6.45) is 10.3. The Bertz CT molecular complexity index is 1660. The Kier molecular flexibility index (Phi) is 10.5. The summed E-state index contributed by atoms with van der Waals surface area (Å²) in [5, 5.41) is 10.4. The first-order valence-electron chi connectivity index (χ1n) is 17.3. The number of ether oxygens (including phenoxy) is 1. The maximum absolute atomic E-state index is 13.4. The second kappa shape index (κ2) is 15.1. The first-order valence-corrected chi connectivity index (χ1v) is 17.3. The van der Waals surface area contributed by atoms with Gasteiger partial charge in [0.1, 0.15) is 35.4 Å². The van der Waals surface area contributed by atoms with E-state index in [-0.39, 0.29) is 5.97 Å². The normalized spacial score (nSPS) is 15.7. The number of carbonyl (C=O) groups is 1. The minimum atomic E-state index is -0.600.